The summed E-state index contributed by atoms with van der Waals surface area (Å²) in [6, 6.07) is 16.3. The maximum atomic E-state index is 13.3. The van der Waals surface area contributed by atoms with Gasteiger partial charge in [0, 0.05) is 30.6 Å². The van der Waals surface area contributed by atoms with E-state index in [2.05, 4.69) is 5.32 Å². The maximum absolute atomic E-state index is 13.3. The fourth-order valence-electron chi connectivity index (χ4n) is 4.60. The Labute approximate surface area is 199 Å². The third-order valence-corrected chi connectivity index (χ3v) is 6.16. The van der Waals surface area contributed by atoms with Crippen molar-refractivity contribution >= 4 is 28.6 Å². The average Bonchev–Trinajstić information content (AvgIpc) is 2.77. The van der Waals surface area contributed by atoms with Crippen LogP contribution in [0.1, 0.15) is 50.8 Å². The number of pyridine rings is 1. The number of amides is 2. The van der Waals surface area contributed by atoms with E-state index in [1.165, 1.54) is 0 Å². The van der Waals surface area contributed by atoms with Crippen LogP contribution in [-0.4, -0.2) is 28.2 Å². The highest BCUT2D eigenvalue weighted by Crippen LogP contribution is 2.37. The topological polar surface area (TPSA) is 80.6 Å². The lowest BCUT2D eigenvalue weighted by Gasteiger charge is -2.42. The van der Waals surface area contributed by atoms with Crippen LogP contribution >= 0.6 is 0 Å². The molecule has 4 rings (SSSR count). The first kappa shape index (κ1) is 23.5. The first-order valence-corrected chi connectivity index (χ1v) is 11.5. The largest absolute Gasteiger partial charge is 0.444 e. The standard InChI is InChI=1S/C27H31N3O4/c1-17-15-24(32)29(5)22-16-19(11-12-20(17)22)30-23(31)14-13-21(28-26(33)34-27(2,3)4)25(30)18-9-7-6-8-10-18/h6-12,15-16,21,25H,13-14H2,1-5H3,(H,28,33)/t21-,25+/m0/s1. The van der Waals surface area contributed by atoms with E-state index in [0.29, 0.717) is 12.1 Å². The van der Waals surface area contributed by atoms with E-state index >= 15 is 0 Å². The summed E-state index contributed by atoms with van der Waals surface area (Å²) in [6.07, 6.45) is 0.276. The Morgan fingerprint density at radius 2 is 1.76 bits per heavy atom. The average molecular weight is 462 g/mol. The van der Waals surface area contributed by atoms with Gasteiger partial charge in [0.15, 0.2) is 0 Å². The molecule has 1 aliphatic heterocycles. The Hall–Kier alpha value is -3.61. The molecule has 178 valence electrons. The molecule has 1 N–H and O–H groups in total. The molecule has 0 unspecified atom stereocenters. The second kappa shape index (κ2) is 8.97. The van der Waals surface area contributed by atoms with E-state index in [4.69, 9.17) is 4.74 Å². The van der Waals surface area contributed by atoms with Gasteiger partial charge in [0.1, 0.15) is 5.60 Å². The third-order valence-electron chi connectivity index (χ3n) is 6.16. The molecule has 3 aromatic rings. The fourth-order valence-corrected chi connectivity index (χ4v) is 4.60. The molecule has 34 heavy (non-hydrogen) atoms. The number of alkyl carbamates (subject to hydrolysis) is 1. The minimum atomic E-state index is -0.627. The van der Waals surface area contributed by atoms with E-state index < -0.39 is 17.7 Å². The fraction of sp³-hybridized carbons (Fsp3) is 0.370. The molecule has 0 bridgehead atoms. The number of fused-ring (bicyclic) bond motifs is 1. The summed E-state index contributed by atoms with van der Waals surface area (Å²) >= 11 is 0. The van der Waals surface area contributed by atoms with Gasteiger partial charge in [-0.2, -0.15) is 0 Å². The number of ether oxygens (including phenoxy) is 1. The summed E-state index contributed by atoms with van der Waals surface area (Å²) in [5.74, 6) is -0.0342. The van der Waals surface area contributed by atoms with E-state index in [-0.39, 0.29) is 23.9 Å². The Balaban J connectivity index is 1.80. The van der Waals surface area contributed by atoms with Gasteiger partial charge in [-0.3, -0.25) is 9.59 Å². The van der Waals surface area contributed by atoms with Crippen molar-refractivity contribution in [3.05, 3.63) is 76.1 Å². The highest BCUT2D eigenvalue weighted by atomic mass is 16.6. The number of rotatable bonds is 3. The molecule has 1 fully saturated rings. The number of nitrogens with one attached hydrogen (secondary N) is 1. The lowest BCUT2D eigenvalue weighted by molar-refractivity contribution is -0.120. The van der Waals surface area contributed by atoms with Crippen LogP contribution in [0, 0.1) is 6.92 Å². The molecule has 2 heterocycles. The van der Waals surface area contributed by atoms with E-state index in [1.807, 2.05) is 76.2 Å². The van der Waals surface area contributed by atoms with Crippen LogP contribution in [0.4, 0.5) is 10.5 Å². The van der Waals surface area contributed by atoms with Crippen molar-refractivity contribution in [2.45, 2.75) is 58.2 Å². The number of hydrogen-bond donors (Lipinski definition) is 1. The Kier molecular flexibility index (Phi) is 6.21. The van der Waals surface area contributed by atoms with Crippen LogP contribution in [-0.2, 0) is 16.6 Å². The number of anilines is 1. The Bertz CT molecular complexity index is 1290. The van der Waals surface area contributed by atoms with Crippen molar-refractivity contribution < 1.29 is 14.3 Å². The summed E-state index contributed by atoms with van der Waals surface area (Å²) in [5, 5.41) is 3.95. The molecule has 0 aliphatic carbocycles. The number of aromatic nitrogens is 1. The molecule has 2 aromatic carbocycles. The zero-order valence-corrected chi connectivity index (χ0v) is 20.3. The maximum Gasteiger partial charge on any atom is 0.407 e. The summed E-state index contributed by atoms with van der Waals surface area (Å²) in [6.45, 7) is 7.36. The highest BCUT2D eigenvalue weighted by molar-refractivity contribution is 5.98. The molecular formula is C27H31N3O4. The zero-order valence-electron chi connectivity index (χ0n) is 20.3. The lowest BCUT2D eigenvalue weighted by atomic mass is 9.89. The highest BCUT2D eigenvalue weighted by Gasteiger charge is 2.39. The second-order valence-electron chi connectivity index (χ2n) is 9.84. The summed E-state index contributed by atoms with van der Waals surface area (Å²) in [4.78, 5) is 40.1. The predicted molar refractivity (Wildman–Crippen MR) is 133 cm³/mol. The monoisotopic (exact) mass is 461 g/mol. The summed E-state index contributed by atoms with van der Waals surface area (Å²) < 4.78 is 7.09. The van der Waals surface area contributed by atoms with Crippen molar-refractivity contribution in [2.75, 3.05) is 4.90 Å². The minimum absolute atomic E-state index is 0.0342. The van der Waals surface area contributed by atoms with Gasteiger partial charge in [0.05, 0.1) is 17.6 Å². The van der Waals surface area contributed by atoms with Crippen LogP contribution in [0.3, 0.4) is 0 Å². The van der Waals surface area contributed by atoms with Crippen molar-refractivity contribution in [2.24, 2.45) is 7.05 Å². The minimum Gasteiger partial charge on any atom is -0.444 e. The molecule has 7 heteroatoms. The third kappa shape index (κ3) is 4.69. The van der Waals surface area contributed by atoms with Gasteiger partial charge in [0.25, 0.3) is 5.56 Å². The van der Waals surface area contributed by atoms with Crippen LogP contribution in [0.15, 0.2) is 59.4 Å². The summed E-state index contributed by atoms with van der Waals surface area (Å²) in [7, 11) is 1.73. The van der Waals surface area contributed by atoms with Crippen molar-refractivity contribution in [1.29, 1.82) is 0 Å². The number of nitrogens with zero attached hydrogens (tertiary/aromatic N) is 2. The quantitative estimate of drug-likeness (QED) is 0.618. The van der Waals surface area contributed by atoms with E-state index in [1.54, 1.807) is 22.6 Å². The zero-order chi connectivity index (χ0) is 24.6. The van der Waals surface area contributed by atoms with Gasteiger partial charge < -0.3 is 19.5 Å². The SMILES string of the molecule is Cc1cc(=O)n(C)c2cc(N3C(=O)CC[C@H](NC(=O)OC(C)(C)C)[C@H]3c3ccccc3)ccc12. The smallest absolute Gasteiger partial charge is 0.407 e. The van der Waals surface area contributed by atoms with Gasteiger partial charge in [-0.05, 0) is 57.4 Å². The Morgan fingerprint density at radius 3 is 2.44 bits per heavy atom. The van der Waals surface area contributed by atoms with Gasteiger partial charge in [-0.25, -0.2) is 4.79 Å². The number of piperidine rings is 1. The van der Waals surface area contributed by atoms with Crippen molar-refractivity contribution in [3.8, 4) is 0 Å². The molecule has 2 atom stereocenters. The van der Waals surface area contributed by atoms with Crippen molar-refractivity contribution in [1.82, 2.24) is 9.88 Å². The molecule has 1 saturated heterocycles. The number of benzene rings is 2. The molecule has 0 spiro atoms. The van der Waals surface area contributed by atoms with Gasteiger partial charge in [0.2, 0.25) is 5.91 Å². The van der Waals surface area contributed by atoms with Gasteiger partial charge in [-0.15, -0.1) is 0 Å². The van der Waals surface area contributed by atoms with Gasteiger partial charge >= 0.3 is 6.09 Å². The number of carbonyl (C=O) groups excluding carboxylic acids is 2. The molecule has 0 radical (unpaired) electrons. The second-order valence-corrected chi connectivity index (χ2v) is 9.84. The molecule has 0 saturated carbocycles. The summed E-state index contributed by atoms with van der Waals surface area (Å²) in [5.41, 5.74) is 2.51. The van der Waals surface area contributed by atoms with Crippen LogP contribution in [0.25, 0.3) is 10.9 Å². The van der Waals surface area contributed by atoms with E-state index in [9.17, 15) is 14.4 Å². The number of hydrogen-bond acceptors (Lipinski definition) is 4. The van der Waals surface area contributed by atoms with Gasteiger partial charge in [-0.1, -0.05) is 36.4 Å². The molecule has 2 amide bonds. The lowest BCUT2D eigenvalue weighted by Crippen LogP contribution is -2.53. The number of aryl methyl sites for hydroxylation is 2. The predicted octanol–water partition coefficient (Wildman–Crippen LogP) is 4.61. The molecule has 1 aliphatic rings. The first-order valence-electron chi connectivity index (χ1n) is 11.5. The van der Waals surface area contributed by atoms with Crippen LogP contribution in [0.5, 0.6) is 0 Å². The van der Waals surface area contributed by atoms with Crippen LogP contribution < -0.4 is 15.8 Å². The molecular weight excluding hydrogens is 430 g/mol. The molecule has 1 aromatic heterocycles. The van der Waals surface area contributed by atoms with Crippen LogP contribution in [0.2, 0.25) is 0 Å². The van der Waals surface area contributed by atoms with Crippen molar-refractivity contribution in [3.63, 3.8) is 0 Å². The number of carbonyl (C=O) groups is 2. The first-order chi connectivity index (χ1) is 16.0. The van der Waals surface area contributed by atoms with E-state index in [0.717, 1.165) is 22.0 Å². The Morgan fingerprint density at radius 1 is 1.06 bits per heavy atom. The normalized spacial score (nSPS) is 18.7. The molecule has 7 nitrogen and oxygen atoms in total.